The zero-order valence-electron chi connectivity index (χ0n) is 14.6. The van der Waals surface area contributed by atoms with Gasteiger partial charge in [-0.3, -0.25) is 0 Å². The Hall–Kier alpha value is -0.500. The summed E-state index contributed by atoms with van der Waals surface area (Å²) in [7, 11) is 0. The van der Waals surface area contributed by atoms with Crippen LogP contribution < -0.4 is 4.74 Å². The molecule has 0 N–H and O–H groups in total. The van der Waals surface area contributed by atoms with E-state index in [9.17, 15) is 0 Å². The summed E-state index contributed by atoms with van der Waals surface area (Å²) in [5, 5.41) is 0.987. The van der Waals surface area contributed by atoms with E-state index in [2.05, 4.69) is 75.7 Å². The summed E-state index contributed by atoms with van der Waals surface area (Å²) in [5.74, 6) is 1.05. The molecule has 0 spiro atoms. The lowest BCUT2D eigenvalue weighted by atomic mass is 9.76. The Morgan fingerprint density at radius 2 is 1.62 bits per heavy atom. The van der Waals surface area contributed by atoms with Crippen molar-refractivity contribution in [1.29, 1.82) is 0 Å². The molecule has 0 radical (unpaired) electrons. The highest BCUT2D eigenvalue weighted by atomic mass is 79.9. The van der Waals surface area contributed by atoms with Gasteiger partial charge < -0.3 is 4.74 Å². The lowest BCUT2D eigenvalue weighted by molar-refractivity contribution is 0.307. The number of halogens is 1. The van der Waals surface area contributed by atoms with Gasteiger partial charge in [0.1, 0.15) is 5.75 Å². The number of rotatable bonds is 8. The monoisotopic (exact) mass is 354 g/mol. The fourth-order valence-corrected chi connectivity index (χ4v) is 2.47. The minimum absolute atomic E-state index is 0.142. The lowest BCUT2D eigenvalue weighted by Gasteiger charge is -2.30. The van der Waals surface area contributed by atoms with Gasteiger partial charge in [-0.15, -0.1) is 0 Å². The summed E-state index contributed by atoms with van der Waals surface area (Å²) in [4.78, 5) is 0. The van der Waals surface area contributed by atoms with E-state index in [1.807, 2.05) is 0 Å². The molecule has 0 aromatic heterocycles. The molecule has 1 aromatic rings. The predicted molar refractivity (Wildman–Crippen MR) is 97.0 cm³/mol. The van der Waals surface area contributed by atoms with Crippen LogP contribution in [0.5, 0.6) is 5.75 Å². The van der Waals surface area contributed by atoms with Crippen molar-refractivity contribution < 1.29 is 4.74 Å². The van der Waals surface area contributed by atoms with Crippen molar-refractivity contribution in [3.63, 3.8) is 0 Å². The molecule has 0 aliphatic rings. The van der Waals surface area contributed by atoms with Gasteiger partial charge in [0.25, 0.3) is 0 Å². The van der Waals surface area contributed by atoms with Crippen LogP contribution in [0.15, 0.2) is 18.2 Å². The van der Waals surface area contributed by atoms with Crippen molar-refractivity contribution >= 4 is 15.9 Å². The largest absolute Gasteiger partial charge is 0.493 e. The number of hydrogen-bond acceptors (Lipinski definition) is 1. The molecule has 1 nitrogen and oxygen atoms in total. The van der Waals surface area contributed by atoms with Crippen molar-refractivity contribution in [2.24, 2.45) is 0 Å². The molecule has 1 rings (SSSR count). The zero-order chi connectivity index (χ0) is 16.1. The van der Waals surface area contributed by atoms with Crippen molar-refractivity contribution in [1.82, 2.24) is 0 Å². The minimum atomic E-state index is 0.142. The normalized spacial score (nSPS) is 12.5. The van der Waals surface area contributed by atoms with Crippen LogP contribution >= 0.6 is 15.9 Å². The standard InChI is InChI=1S/C19H31BrO/c1-7-18(3,4)15-10-11-17(21-13-9-12-20)16(14-15)19(5,6)8-2/h10-11,14H,7-9,12-13H2,1-6H3. The molecule has 0 aliphatic heterocycles. The molecule has 0 saturated carbocycles. The molecule has 0 unspecified atom stereocenters. The summed E-state index contributed by atoms with van der Waals surface area (Å²) in [5.41, 5.74) is 3.12. The molecule has 0 atom stereocenters. The van der Waals surface area contributed by atoms with Gasteiger partial charge >= 0.3 is 0 Å². The third-order valence-electron chi connectivity index (χ3n) is 4.79. The van der Waals surface area contributed by atoms with Crippen LogP contribution in [0.4, 0.5) is 0 Å². The molecule has 0 amide bonds. The van der Waals surface area contributed by atoms with Crippen LogP contribution in [0.1, 0.15) is 71.9 Å². The van der Waals surface area contributed by atoms with Crippen LogP contribution in [-0.4, -0.2) is 11.9 Å². The maximum atomic E-state index is 6.04. The molecule has 120 valence electrons. The second-order valence-corrected chi connectivity index (χ2v) is 7.87. The van der Waals surface area contributed by atoms with E-state index in [4.69, 9.17) is 4.74 Å². The van der Waals surface area contributed by atoms with Crippen molar-refractivity contribution in [2.45, 2.75) is 71.6 Å². The van der Waals surface area contributed by atoms with Gasteiger partial charge in [0, 0.05) is 10.9 Å². The Morgan fingerprint density at radius 1 is 1.00 bits per heavy atom. The second kappa shape index (κ2) is 7.67. The van der Waals surface area contributed by atoms with Gasteiger partial charge in [-0.25, -0.2) is 0 Å². The first-order valence-corrected chi connectivity index (χ1v) is 9.24. The van der Waals surface area contributed by atoms with E-state index in [1.165, 1.54) is 11.1 Å². The lowest BCUT2D eigenvalue weighted by Crippen LogP contribution is -2.21. The molecule has 0 saturated heterocycles. The van der Waals surface area contributed by atoms with E-state index >= 15 is 0 Å². The van der Waals surface area contributed by atoms with E-state index < -0.39 is 0 Å². The molecule has 21 heavy (non-hydrogen) atoms. The predicted octanol–water partition coefficient (Wildman–Crippen LogP) is 6.23. The van der Waals surface area contributed by atoms with Gasteiger partial charge in [0.05, 0.1) is 6.61 Å². The summed E-state index contributed by atoms with van der Waals surface area (Å²) < 4.78 is 6.04. The first kappa shape index (κ1) is 18.5. The number of benzene rings is 1. The van der Waals surface area contributed by atoms with E-state index in [-0.39, 0.29) is 10.8 Å². The molecular weight excluding hydrogens is 324 g/mol. The molecular formula is C19H31BrO. The van der Waals surface area contributed by atoms with Gasteiger partial charge in [-0.1, -0.05) is 69.6 Å². The third-order valence-corrected chi connectivity index (χ3v) is 5.35. The van der Waals surface area contributed by atoms with Crippen LogP contribution in [0, 0.1) is 0 Å². The maximum absolute atomic E-state index is 6.04. The Balaban J connectivity index is 3.20. The average molecular weight is 355 g/mol. The first-order chi connectivity index (χ1) is 9.78. The molecule has 0 heterocycles. The zero-order valence-corrected chi connectivity index (χ0v) is 16.1. The van der Waals surface area contributed by atoms with E-state index in [0.29, 0.717) is 0 Å². The summed E-state index contributed by atoms with van der Waals surface area (Å²) in [6.07, 6.45) is 3.29. The Labute approximate surface area is 139 Å². The second-order valence-electron chi connectivity index (χ2n) is 7.08. The highest BCUT2D eigenvalue weighted by Gasteiger charge is 2.26. The summed E-state index contributed by atoms with van der Waals surface area (Å²) in [6.45, 7) is 14.5. The molecule has 1 aromatic carbocycles. The van der Waals surface area contributed by atoms with Crippen molar-refractivity contribution in [3.8, 4) is 5.75 Å². The van der Waals surface area contributed by atoms with Crippen LogP contribution in [-0.2, 0) is 10.8 Å². The van der Waals surface area contributed by atoms with Crippen molar-refractivity contribution in [2.75, 3.05) is 11.9 Å². The summed E-state index contributed by atoms with van der Waals surface area (Å²) in [6, 6.07) is 6.78. The smallest absolute Gasteiger partial charge is 0.123 e. The topological polar surface area (TPSA) is 9.23 Å². The number of ether oxygens (including phenoxy) is 1. The Bertz CT molecular complexity index is 449. The minimum Gasteiger partial charge on any atom is -0.493 e. The Morgan fingerprint density at radius 3 is 2.14 bits per heavy atom. The fourth-order valence-electron chi connectivity index (χ4n) is 2.24. The molecule has 0 aliphatic carbocycles. The first-order valence-electron chi connectivity index (χ1n) is 8.12. The van der Waals surface area contributed by atoms with Gasteiger partial charge in [0.15, 0.2) is 0 Å². The van der Waals surface area contributed by atoms with Crippen molar-refractivity contribution in [3.05, 3.63) is 29.3 Å². The number of alkyl halides is 1. The van der Waals surface area contributed by atoms with Gasteiger partial charge in [0.2, 0.25) is 0 Å². The fraction of sp³-hybridized carbons (Fsp3) is 0.684. The maximum Gasteiger partial charge on any atom is 0.123 e. The van der Waals surface area contributed by atoms with Crippen LogP contribution in [0.3, 0.4) is 0 Å². The highest BCUT2D eigenvalue weighted by Crippen LogP contribution is 2.38. The quantitative estimate of drug-likeness (QED) is 0.397. The Kier molecular flexibility index (Phi) is 6.77. The SMILES string of the molecule is CCC(C)(C)c1ccc(OCCCBr)c(C(C)(C)CC)c1. The molecule has 2 heteroatoms. The highest BCUT2D eigenvalue weighted by molar-refractivity contribution is 9.09. The third kappa shape index (κ3) is 4.74. The summed E-state index contributed by atoms with van der Waals surface area (Å²) >= 11 is 3.46. The number of hydrogen-bond donors (Lipinski definition) is 0. The van der Waals surface area contributed by atoms with Crippen LogP contribution in [0.25, 0.3) is 0 Å². The van der Waals surface area contributed by atoms with Gasteiger partial charge in [-0.2, -0.15) is 0 Å². The molecule has 0 bridgehead atoms. The molecule has 0 fully saturated rings. The van der Waals surface area contributed by atoms with Gasteiger partial charge in [-0.05, 0) is 41.7 Å². The van der Waals surface area contributed by atoms with E-state index in [0.717, 1.165) is 36.9 Å². The average Bonchev–Trinajstić information content (AvgIpc) is 2.47. The van der Waals surface area contributed by atoms with Crippen LogP contribution in [0.2, 0.25) is 0 Å². The van der Waals surface area contributed by atoms with E-state index in [1.54, 1.807) is 0 Å².